The molecule has 0 aliphatic carbocycles. The second-order valence-electron chi connectivity index (χ2n) is 4.88. The van der Waals surface area contributed by atoms with Crippen LogP contribution in [0.3, 0.4) is 0 Å². The number of rotatable bonds is 2. The molecule has 0 N–H and O–H groups in total. The molecule has 0 amide bonds. The molecular weight excluding hydrogens is 252 g/mol. The Bertz CT molecular complexity index is 715. The summed E-state index contributed by atoms with van der Waals surface area (Å²) in [5, 5.41) is 2.39. The van der Waals surface area contributed by atoms with Crippen LogP contribution in [0.1, 0.15) is 22.1 Å². The van der Waals surface area contributed by atoms with Gasteiger partial charge in [0.2, 0.25) is 0 Å². The highest BCUT2D eigenvalue weighted by molar-refractivity contribution is 6.22. The molecule has 0 aliphatic heterocycles. The molecule has 1 unspecified atom stereocenters. The summed E-state index contributed by atoms with van der Waals surface area (Å²) in [4.78, 5) is 0. The third kappa shape index (κ3) is 2.50. The molecular formula is C18H15Cl. The Labute approximate surface area is 118 Å². The quantitative estimate of drug-likeness (QED) is 0.539. The summed E-state index contributed by atoms with van der Waals surface area (Å²) in [5.74, 6) is 0. The van der Waals surface area contributed by atoms with Gasteiger partial charge in [-0.15, -0.1) is 11.6 Å². The fourth-order valence-corrected chi connectivity index (χ4v) is 2.66. The van der Waals surface area contributed by atoms with Crippen LogP contribution >= 0.6 is 11.6 Å². The van der Waals surface area contributed by atoms with Crippen molar-refractivity contribution in [3.63, 3.8) is 0 Å². The molecule has 0 heterocycles. The lowest BCUT2D eigenvalue weighted by Gasteiger charge is -2.12. The number of halogens is 1. The monoisotopic (exact) mass is 266 g/mol. The van der Waals surface area contributed by atoms with Gasteiger partial charge in [0, 0.05) is 0 Å². The first kappa shape index (κ1) is 12.3. The van der Waals surface area contributed by atoms with Crippen molar-refractivity contribution >= 4 is 22.4 Å². The van der Waals surface area contributed by atoms with Gasteiger partial charge >= 0.3 is 0 Å². The lowest BCUT2D eigenvalue weighted by Crippen LogP contribution is -1.93. The van der Waals surface area contributed by atoms with E-state index >= 15 is 0 Å². The first-order valence-corrected chi connectivity index (χ1v) is 6.87. The molecule has 0 radical (unpaired) electrons. The second-order valence-corrected chi connectivity index (χ2v) is 5.32. The summed E-state index contributed by atoms with van der Waals surface area (Å²) in [6.07, 6.45) is 0. The fourth-order valence-electron chi connectivity index (χ4n) is 2.39. The summed E-state index contributed by atoms with van der Waals surface area (Å²) < 4.78 is 0. The van der Waals surface area contributed by atoms with Crippen LogP contribution in [0.2, 0.25) is 0 Å². The molecule has 1 atom stereocenters. The van der Waals surface area contributed by atoms with Crippen LogP contribution in [0, 0.1) is 6.92 Å². The van der Waals surface area contributed by atoms with Gasteiger partial charge in [-0.25, -0.2) is 0 Å². The first-order chi connectivity index (χ1) is 9.24. The van der Waals surface area contributed by atoms with Crippen molar-refractivity contribution in [2.45, 2.75) is 12.3 Å². The third-order valence-corrected chi connectivity index (χ3v) is 3.90. The first-order valence-electron chi connectivity index (χ1n) is 6.43. The van der Waals surface area contributed by atoms with Crippen molar-refractivity contribution in [1.29, 1.82) is 0 Å². The Hall–Kier alpha value is -1.79. The van der Waals surface area contributed by atoms with E-state index in [1.807, 2.05) is 0 Å². The van der Waals surface area contributed by atoms with Crippen molar-refractivity contribution in [2.24, 2.45) is 0 Å². The molecule has 0 aliphatic rings. The van der Waals surface area contributed by atoms with E-state index in [1.165, 1.54) is 16.3 Å². The standard InChI is InChI=1S/C18H15Cl/c1-13-5-4-8-16(11-13)18(19)17-10-9-14-6-2-3-7-15(14)12-17/h2-12,18H,1H3. The molecule has 0 saturated heterocycles. The molecule has 0 fully saturated rings. The van der Waals surface area contributed by atoms with Crippen LogP contribution in [0.25, 0.3) is 10.8 Å². The smallest absolute Gasteiger partial charge is 0.0835 e. The maximum absolute atomic E-state index is 6.60. The Morgan fingerprint density at radius 2 is 1.47 bits per heavy atom. The maximum Gasteiger partial charge on any atom is 0.0835 e. The molecule has 19 heavy (non-hydrogen) atoms. The summed E-state index contributed by atoms with van der Waals surface area (Å²) in [6, 6.07) is 23.2. The number of fused-ring (bicyclic) bond motifs is 1. The molecule has 94 valence electrons. The SMILES string of the molecule is Cc1cccc(C(Cl)c2ccc3ccccc3c2)c1. The zero-order chi connectivity index (χ0) is 13.2. The number of alkyl halides is 1. The number of hydrogen-bond acceptors (Lipinski definition) is 0. The summed E-state index contributed by atoms with van der Waals surface area (Å²) >= 11 is 6.60. The summed E-state index contributed by atoms with van der Waals surface area (Å²) in [6.45, 7) is 2.09. The molecule has 0 saturated carbocycles. The minimum atomic E-state index is -0.0930. The van der Waals surface area contributed by atoms with Crippen LogP contribution in [0.5, 0.6) is 0 Å². The van der Waals surface area contributed by atoms with Crippen molar-refractivity contribution in [1.82, 2.24) is 0 Å². The van der Waals surface area contributed by atoms with Crippen LogP contribution in [0.4, 0.5) is 0 Å². The van der Waals surface area contributed by atoms with Crippen LogP contribution in [-0.2, 0) is 0 Å². The largest absolute Gasteiger partial charge is 0.113 e. The normalized spacial score (nSPS) is 12.5. The highest BCUT2D eigenvalue weighted by atomic mass is 35.5. The zero-order valence-corrected chi connectivity index (χ0v) is 11.6. The van der Waals surface area contributed by atoms with Gasteiger partial charge in [-0.2, -0.15) is 0 Å². The molecule has 3 aromatic carbocycles. The molecule has 0 bridgehead atoms. The number of benzene rings is 3. The molecule has 0 nitrogen and oxygen atoms in total. The van der Waals surface area contributed by atoms with E-state index in [2.05, 4.69) is 73.7 Å². The van der Waals surface area contributed by atoms with E-state index in [0.29, 0.717) is 0 Å². The average molecular weight is 267 g/mol. The highest BCUT2D eigenvalue weighted by Crippen LogP contribution is 2.31. The highest BCUT2D eigenvalue weighted by Gasteiger charge is 2.11. The minimum Gasteiger partial charge on any atom is -0.113 e. The van der Waals surface area contributed by atoms with Crippen molar-refractivity contribution in [2.75, 3.05) is 0 Å². The van der Waals surface area contributed by atoms with E-state index in [-0.39, 0.29) is 5.38 Å². The second kappa shape index (κ2) is 5.07. The lowest BCUT2D eigenvalue weighted by atomic mass is 10.00. The molecule has 0 spiro atoms. The molecule has 0 aromatic heterocycles. The Morgan fingerprint density at radius 1 is 0.737 bits per heavy atom. The van der Waals surface area contributed by atoms with Crippen molar-refractivity contribution in [3.05, 3.63) is 83.4 Å². The maximum atomic E-state index is 6.60. The van der Waals surface area contributed by atoms with Gasteiger partial charge in [-0.05, 0) is 34.9 Å². The fraction of sp³-hybridized carbons (Fsp3) is 0.111. The van der Waals surface area contributed by atoms with Crippen LogP contribution in [0.15, 0.2) is 66.7 Å². The van der Waals surface area contributed by atoms with Gasteiger partial charge in [0.05, 0.1) is 5.38 Å². The number of hydrogen-bond donors (Lipinski definition) is 0. The molecule has 1 heteroatoms. The van der Waals surface area contributed by atoms with Gasteiger partial charge in [-0.1, -0.05) is 66.2 Å². The lowest BCUT2D eigenvalue weighted by molar-refractivity contribution is 1.14. The predicted octanol–water partition coefficient (Wildman–Crippen LogP) is 5.48. The predicted molar refractivity (Wildman–Crippen MR) is 82.8 cm³/mol. The number of aryl methyl sites for hydroxylation is 1. The van der Waals surface area contributed by atoms with Gasteiger partial charge in [0.15, 0.2) is 0 Å². The minimum absolute atomic E-state index is 0.0930. The van der Waals surface area contributed by atoms with Crippen LogP contribution < -0.4 is 0 Å². The summed E-state index contributed by atoms with van der Waals surface area (Å²) in [5.41, 5.74) is 3.53. The van der Waals surface area contributed by atoms with Crippen LogP contribution in [-0.4, -0.2) is 0 Å². The third-order valence-electron chi connectivity index (χ3n) is 3.40. The molecule has 3 rings (SSSR count). The van der Waals surface area contributed by atoms with E-state index in [4.69, 9.17) is 11.6 Å². The molecule has 3 aromatic rings. The average Bonchev–Trinajstić information content (AvgIpc) is 2.46. The van der Waals surface area contributed by atoms with Gasteiger partial charge < -0.3 is 0 Å². The van der Waals surface area contributed by atoms with Gasteiger partial charge in [0.1, 0.15) is 0 Å². The van der Waals surface area contributed by atoms with E-state index in [0.717, 1.165) is 11.1 Å². The Balaban J connectivity index is 2.04. The Morgan fingerprint density at radius 3 is 2.26 bits per heavy atom. The van der Waals surface area contributed by atoms with Gasteiger partial charge in [-0.3, -0.25) is 0 Å². The topological polar surface area (TPSA) is 0 Å². The van der Waals surface area contributed by atoms with Crippen molar-refractivity contribution in [3.8, 4) is 0 Å². The van der Waals surface area contributed by atoms with E-state index in [9.17, 15) is 0 Å². The Kier molecular flexibility index (Phi) is 3.27. The van der Waals surface area contributed by atoms with E-state index in [1.54, 1.807) is 0 Å². The van der Waals surface area contributed by atoms with E-state index < -0.39 is 0 Å². The van der Waals surface area contributed by atoms with Crippen molar-refractivity contribution < 1.29 is 0 Å². The zero-order valence-electron chi connectivity index (χ0n) is 10.8. The van der Waals surface area contributed by atoms with Gasteiger partial charge in [0.25, 0.3) is 0 Å². The summed E-state index contributed by atoms with van der Waals surface area (Å²) in [7, 11) is 0.